The lowest BCUT2D eigenvalue weighted by atomic mass is 10.1. The molecule has 0 aromatic heterocycles. The zero-order chi connectivity index (χ0) is 27.0. The highest BCUT2D eigenvalue weighted by atomic mass is 17.2. The number of carbonyl (C=O) groups excluding carboxylic acids is 2. The Morgan fingerprint density at radius 3 is 1.06 bits per heavy atom. The standard InChI is InChI=1S/C24H46O4.C6H10O2/c1-3-5-7-9-11-13-15-17-19-21-23(25)27-28-24(26)22-20-18-16-14-12-10-8-6-4-2;1-3-5-7-8-6-4-2/h3-22H2,1-2H3;3-4H,1-2,5-6H2. The topological polar surface area (TPSA) is 71.1 Å². The summed E-state index contributed by atoms with van der Waals surface area (Å²) in [6.07, 6.45) is 25.6. The molecule has 0 aliphatic carbocycles. The highest BCUT2D eigenvalue weighted by Gasteiger charge is 2.09. The van der Waals surface area contributed by atoms with Gasteiger partial charge in [0, 0.05) is 0 Å². The van der Waals surface area contributed by atoms with Crippen LogP contribution in [0.15, 0.2) is 25.3 Å². The molecule has 0 fully saturated rings. The first-order chi connectivity index (χ1) is 17.6. The molecule has 0 bridgehead atoms. The summed E-state index contributed by atoms with van der Waals surface area (Å²) in [5.74, 6) is -0.855. The molecule has 0 rings (SSSR count). The summed E-state index contributed by atoms with van der Waals surface area (Å²) in [5.41, 5.74) is 0. The number of hydrogen-bond donors (Lipinski definition) is 0. The maximum Gasteiger partial charge on any atom is 0.355 e. The Labute approximate surface area is 222 Å². The molecule has 6 nitrogen and oxygen atoms in total. The van der Waals surface area contributed by atoms with E-state index >= 15 is 0 Å². The van der Waals surface area contributed by atoms with E-state index in [4.69, 9.17) is 0 Å². The smallest absolute Gasteiger partial charge is 0.247 e. The van der Waals surface area contributed by atoms with Crippen LogP contribution in [0.25, 0.3) is 0 Å². The third kappa shape index (κ3) is 34.5. The molecule has 0 saturated carbocycles. The van der Waals surface area contributed by atoms with Crippen molar-refractivity contribution in [2.75, 3.05) is 13.2 Å². The van der Waals surface area contributed by atoms with E-state index in [-0.39, 0.29) is 0 Å². The average Bonchev–Trinajstić information content (AvgIpc) is 2.88. The third-order valence-corrected chi connectivity index (χ3v) is 5.65. The summed E-state index contributed by atoms with van der Waals surface area (Å²) in [6.45, 7) is 12.2. The fourth-order valence-corrected chi connectivity index (χ4v) is 3.53. The molecule has 0 saturated heterocycles. The van der Waals surface area contributed by atoms with Gasteiger partial charge in [0.2, 0.25) is 0 Å². The minimum atomic E-state index is -0.427. The van der Waals surface area contributed by atoms with Crippen LogP contribution in [0.4, 0.5) is 0 Å². The summed E-state index contributed by atoms with van der Waals surface area (Å²) in [4.78, 5) is 41.5. The van der Waals surface area contributed by atoms with Gasteiger partial charge in [-0.1, -0.05) is 129 Å². The van der Waals surface area contributed by atoms with Gasteiger partial charge in [-0.15, -0.1) is 13.2 Å². The van der Waals surface area contributed by atoms with Crippen LogP contribution >= 0.6 is 0 Å². The summed E-state index contributed by atoms with van der Waals surface area (Å²) in [5, 5.41) is 0. The molecule has 0 spiro atoms. The number of hydrogen-bond acceptors (Lipinski definition) is 6. The van der Waals surface area contributed by atoms with Crippen LogP contribution in [0.2, 0.25) is 0 Å². The van der Waals surface area contributed by atoms with Crippen LogP contribution in [0.5, 0.6) is 0 Å². The highest BCUT2D eigenvalue weighted by Crippen LogP contribution is 2.12. The van der Waals surface area contributed by atoms with Crippen LogP contribution in [0.1, 0.15) is 142 Å². The predicted octanol–water partition coefficient (Wildman–Crippen LogP) is 9.14. The van der Waals surface area contributed by atoms with Crippen LogP contribution < -0.4 is 0 Å². The molecule has 36 heavy (non-hydrogen) atoms. The van der Waals surface area contributed by atoms with E-state index in [1.165, 1.54) is 77.0 Å². The van der Waals surface area contributed by atoms with E-state index in [0.717, 1.165) is 38.5 Å². The van der Waals surface area contributed by atoms with E-state index in [1.54, 1.807) is 12.2 Å². The van der Waals surface area contributed by atoms with E-state index in [2.05, 4.69) is 46.6 Å². The quantitative estimate of drug-likeness (QED) is 0.0525. The Kier molecular flexibility index (Phi) is 33.8. The van der Waals surface area contributed by atoms with Crippen molar-refractivity contribution in [3.63, 3.8) is 0 Å². The second-order valence-electron chi connectivity index (χ2n) is 9.21. The fraction of sp³-hybridized carbons (Fsp3) is 0.800. The van der Waals surface area contributed by atoms with Gasteiger partial charge >= 0.3 is 11.9 Å². The first-order valence-corrected chi connectivity index (χ1v) is 14.5. The number of carbonyl (C=O) groups is 2. The predicted molar refractivity (Wildman–Crippen MR) is 148 cm³/mol. The van der Waals surface area contributed by atoms with Crippen molar-refractivity contribution in [1.82, 2.24) is 0 Å². The minimum Gasteiger partial charge on any atom is -0.247 e. The Hall–Kier alpha value is -1.66. The Bertz CT molecular complexity index is 448. The van der Waals surface area contributed by atoms with Crippen LogP contribution in [0, 0.1) is 0 Å². The number of unbranched alkanes of at least 4 members (excludes halogenated alkanes) is 16. The lowest BCUT2D eigenvalue weighted by Crippen LogP contribution is -2.11. The van der Waals surface area contributed by atoms with Crippen LogP contribution in [-0.4, -0.2) is 25.2 Å². The van der Waals surface area contributed by atoms with Gasteiger partial charge in [-0.3, -0.25) is 0 Å². The molecule has 0 aromatic carbocycles. The van der Waals surface area contributed by atoms with E-state index < -0.39 is 11.9 Å². The first-order valence-electron chi connectivity index (χ1n) is 14.5. The van der Waals surface area contributed by atoms with Crippen molar-refractivity contribution in [2.45, 2.75) is 142 Å². The third-order valence-electron chi connectivity index (χ3n) is 5.65. The van der Waals surface area contributed by atoms with Gasteiger partial charge in [0.05, 0.1) is 12.8 Å². The fourth-order valence-electron chi connectivity index (χ4n) is 3.53. The SMILES string of the molecule is C=CCOOCC=C.CCCCCCCCCCCC(=O)OOC(=O)CCCCCCCCCCC. The maximum atomic E-state index is 11.6. The minimum absolute atomic E-state index is 0.334. The molecule has 0 aliphatic heterocycles. The van der Waals surface area contributed by atoms with Gasteiger partial charge in [-0.2, -0.15) is 0 Å². The van der Waals surface area contributed by atoms with Gasteiger partial charge in [0.15, 0.2) is 0 Å². The van der Waals surface area contributed by atoms with Crippen molar-refractivity contribution in [2.24, 2.45) is 0 Å². The largest absolute Gasteiger partial charge is 0.355 e. The first kappa shape index (κ1) is 36.5. The normalized spacial score (nSPS) is 10.3. The highest BCUT2D eigenvalue weighted by molar-refractivity contribution is 5.72. The van der Waals surface area contributed by atoms with Crippen LogP contribution in [-0.2, 0) is 29.1 Å². The van der Waals surface area contributed by atoms with E-state index in [0.29, 0.717) is 26.1 Å². The van der Waals surface area contributed by atoms with Crippen LogP contribution in [0.3, 0.4) is 0 Å². The monoisotopic (exact) mass is 512 g/mol. The van der Waals surface area contributed by atoms with Gasteiger partial charge in [0.1, 0.15) is 13.2 Å². The second-order valence-corrected chi connectivity index (χ2v) is 9.21. The Morgan fingerprint density at radius 2 is 0.778 bits per heavy atom. The molecule has 0 amide bonds. The van der Waals surface area contributed by atoms with Gasteiger partial charge < -0.3 is 0 Å². The van der Waals surface area contributed by atoms with E-state index in [9.17, 15) is 9.59 Å². The van der Waals surface area contributed by atoms with Crippen molar-refractivity contribution >= 4 is 11.9 Å². The molecule has 0 aromatic rings. The summed E-state index contributed by atoms with van der Waals surface area (Å²) < 4.78 is 0. The molecule has 0 radical (unpaired) electrons. The molecule has 212 valence electrons. The average molecular weight is 513 g/mol. The van der Waals surface area contributed by atoms with Crippen molar-refractivity contribution in [3.05, 3.63) is 25.3 Å². The summed E-state index contributed by atoms with van der Waals surface area (Å²) in [6, 6.07) is 0. The van der Waals surface area contributed by atoms with Gasteiger partial charge in [-0.05, 0) is 12.8 Å². The van der Waals surface area contributed by atoms with Gasteiger partial charge in [-0.25, -0.2) is 29.1 Å². The zero-order valence-electron chi connectivity index (χ0n) is 23.6. The molecule has 6 heteroatoms. The zero-order valence-corrected chi connectivity index (χ0v) is 23.6. The molecule has 0 aliphatic rings. The molecular formula is C30H56O6. The lowest BCUT2D eigenvalue weighted by Gasteiger charge is -2.04. The molecule has 0 heterocycles. The summed E-state index contributed by atoms with van der Waals surface area (Å²) in [7, 11) is 0. The molecule has 0 atom stereocenters. The molecule has 0 unspecified atom stereocenters. The molecular weight excluding hydrogens is 456 g/mol. The van der Waals surface area contributed by atoms with E-state index in [1.807, 2.05) is 0 Å². The second kappa shape index (κ2) is 33.3. The maximum absolute atomic E-state index is 11.6. The Morgan fingerprint density at radius 1 is 0.500 bits per heavy atom. The Balaban J connectivity index is 0. The van der Waals surface area contributed by atoms with Crippen molar-refractivity contribution in [1.29, 1.82) is 0 Å². The lowest BCUT2D eigenvalue weighted by molar-refractivity contribution is -0.277. The molecule has 0 N–H and O–H groups in total. The van der Waals surface area contributed by atoms with Crippen molar-refractivity contribution in [3.8, 4) is 0 Å². The van der Waals surface area contributed by atoms with Gasteiger partial charge in [0.25, 0.3) is 0 Å². The van der Waals surface area contributed by atoms with Crippen molar-refractivity contribution < 1.29 is 29.1 Å². The number of rotatable bonds is 25. The summed E-state index contributed by atoms with van der Waals surface area (Å²) >= 11 is 0.